The maximum atomic E-state index is 12.7. The predicted molar refractivity (Wildman–Crippen MR) is 104 cm³/mol. The molecule has 3 rings (SSSR count). The van der Waals surface area contributed by atoms with Crippen LogP contribution in [0.25, 0.3) is 11.4 Å². The lowest BCUT2D eigenvalue weighted by Crippen LogP contribution is -2.34. The van der Waals surface area contributed by atoms with Crippen LogP contribution in [0, 0.1) is 11.3 Å². The van der Waals surface area contributed by atoms with Gasteiger partial charge < -0.3 is 9.47 Å². The molecule has 1 aromatic carbocycles. The standard InChI is InChI=1S/C20H28N4O3/c1-4-27-16-7-5-15(6-8-16)17-21-19(24-23-17)22-18(25)20(2,3)13-14-9-11-26-12-10-14/h5-8,14H,4,9-13H2,1-3H3,(H2,21,22,23,24,25). The van der Waals surface area contributed by atoms with Gasteiger partial charge in [0.05, 0.1) is 6.61 Å². The highest BCUT2D eigenvalue weighted by molar-refractivity contribution is 5.93. The molecule has 0 bridgehead atoms. The van der Waals surface area contributed by atoms with Gasteiger partial charge in [-0.05, 0) is 56.4 Å². The molecule has 0 aliphatic carbocycles. The number of benzene rings is 1. The Hall–Kier alpha value is -2.41. The number of rotatable bonds is 7. The van der Waals surface area contributed by atoms with E-state index in [1.807, 2.05) is 45.0 Å². The predicted octanol–water partition coefficient (Wildman–Crippen LogP) is 3.65. The lowest BCUT2D eigenvalue weighted by molar-refractivity contribution is -0.125. The maximum Gasteiger partial charge on any atom is 0.249 e. The molecule has 1 amide bonds. The smallest absolute Gasteiger partial charge is 0.249 e. The van der Waals surface area contributed by atoms with Gasteiger partial charge in [0.15, 0.2) is 5.82 Å². The molecule has 27 heavy (non-hydrogen) atoms. The minimum Gasteiger partial charge on any atom is -0.494 e. The molecule has 0 radical (unpaired) electrons. The average molecular weight is 372 g/mol. The molecule has 7 nitrogen and oxygen atoms in total. The minimum atomic E-state index is -0.484. The van der Waals surface area contributed by atoms with Crippen LogP contribution < -0.4 is 10.1 Å². The van der Waals surface area contributed by atoms with Gasteiger partial charge >= 0.3 is 0 Å². The number of nitrogens with one attached hydrogen (secondary N) is 2. The number of anilines is 1. The monoisotopic (exact) mass is 372 g/mol. The van der Waals surface area contributed by atoms with Crippen LogP contribution in [0.5, 0.6) is 5.75 Å². The van der Waals surface area contributed by atoms with E-state index in [9.17, 15) is 4.79 Å². The molecule has 1 aliphatic rings. The van der Waals surface area contributed by atoms with E-state index in [4.69, 9.17) is 9.47 Å². The third-order valence-corrected chi connectivity index (χ3v) is 4.90. The van der Waals surface area contributed by atoms with Crippen molar-refractivity contribution in [3.05, 3.63) is 24.3 Å². The second kappa shape index (κ2) is 8.52. The van der Waals surface area contributed by atoms with Crippen molar-refractivity contribution in [2.45, 2.75) is 40.0 Å². The summed E-state index contributed by atoms with van der Waals surface area (Å²) in [6.45, 7) is 8.09. The Labute approximate surface area is 159 Å². The highest BCUT2D eigenvalue weighted by atomic mass is 16.5. The molecular formula is C20H28N4O3. The lowest BCUT2D eigenvalue weighted by Gasteiger charge is -2.30. The fourth-order valence-electron chi connectivity index (χ4n) is 3.36. The van der Waals surface area contributed by atoms with Crippen molar-refractivity contribution in [1.29, 1.82) is 0 Å². The van der Waals surface area contributed by atoms with Crippen molar-refractivity contribution in [2.24, 2.45) is 11.3 Å². The van der Waals surface area contributed by atoms with Crippen LogP contribution in [0.4, 0.5) is 5.95 Å². The molecule has 0 unspecified atom stereocenters. The summed E-state index contributed by atoms with van der Waals surface area (Å²) in [6, 6.07) is 7.59. The van der Waals surface area contributed by atoms with Gasteiger partial charge in [0.25, 0.3) is 0 Å². The van der Waals surface area contributed by atoms with E-state index >= 15 is 0 Å². The van der Waals surface area contributed by atoms with Gasteiger partial charge in [-0.2, -0.15) is 4.98 Å². The molecule has 2 N–H and O–H groups in total. The zero-order valence-electron chi connectivity index (χ0n) is 16.2. The normalized spacial score (nSPS) is 15.5. The second-order valence-electron chi connectivity index (χ2n) is 7.56. The van der Waals surface area contributed by atoms with E-state index in [-0.39, 0.29) is 5.91 Å². The number of amides is 1. The summed E-state index contributed by atoms with van der Waals surface area (Å²) in [5, 5.41) is 9.86. The largest absolute Gasteiger partial charge is 0.494 e. The van der Waals surface area contributed by atoms with Crippen LogP contribution in [0.3, 0.4) is 0 Å². The molecule has 0 saturated carbocycles. The molecule has 146 valence electrons. The van der Waals surface area contributed by atoms with Crippen LogP contribution in [-0.2, 0) is 9.53 Å². The molecule has 1 saturated heterocycles. The number of hydrogen-bond donors (Lipinski definition) is 2. The number of aromatic nitrogens is 3. The Morgan fingerprint density at radius 3 is 2.67 bits per heavy atom. The minimum absolute atomic E-state index is 0.0637. The Kier molecular flexibility index (Phi) is 6.11. The number of nitrogens with zero attached hydrogens (tertiary/aromatic N) is 2. The van der Waals surface area contributed by atoms with Crippen molar-refractivity contribution in [3.63, 3.8) is 0 Å². The highest BCUT2D eigenvalue weighted by Crippen LogP contribution is 2.32. The first-order valence-electron chi connectivity index (χ1n) is 9.53. The van der Waals surface area contributed by atoms with Crippen molar-refractivity contribution in [2.75, 3.05) is 25.1 Å². The Morgan fingerprint density at radius 2 is 2.00 bits per heavy atom. The van der Waals surface area contributed by atoms with Gasteiger partial charge in [0.1, 0.15) is 5.75 Å². The fourth-order valence-corrected chi connectivity index (χ4v) is 3.36. The number of H-pyrrole nitrogens is 1. The van der Waals surface area contributed by atoms with E-state index in [2.05, 4.69) is 20.5 Å². The Morgan fingerprint density at radius 1 is 1.30 bits per heavy atom. The first-order valence-corrected chi connectivity index (χ1v) is 9.53. The SMILES string of the molecule is CCOc1ccc(-c2nc(NC(=O)C(C)(C)CC3CCOCC3)n[nH]2)cc1. The molecule has 7 heteroatoms. The van der Waals surface area contributed by atoms with Crippen molar-refractivity contribution < 1.29 is 14.3 Å². The molecule has 0 spiro atoms. The number of hydrogen-bond acceptors (Lipinski definition) is 5. The highest BCUT2D eigenvalue weighted by Gasteiger charge is 2.32. The molecule has 1 aliphatic heterocycles. The van der Waals surface area contributed by atoms with Gasteiger partial charge in [-0.1, -0.05) is 13.8 Å². The Bertz CT molecular complexity index is 749. The number of aromatic amines is 1. The molecule has 1 fully saturated rings. The summed E-state index contributed by atoms with van der Waals surface area (Å²) in [7, 11) is 0. The van der Waals surface area contributed by atoms with Crippen molar-refractivity contribution in [3.8, 4) is 17.1 Å². The zero-order chi connectivity index (χ0) is 19.3. The van der Waals surface area contributed by atoms with Crippen LogP contribution in [0.1, 0.15) is 40.0 Å². The summed E-state index contributed by atoms with van der Waals surface area (Å²) >= 11 is 0. The summed E-state index contributed by atoms with van der Waals surface area (Å²) in [5.41, 5.74) is 0.398. The molecule has 1 aromatic heterocycles. The van der Waals surface area contributed by atoms with E-state index < -0.39 is 5.41 Å². The first kappa shape index (κ1) is 19.4. The lowest BCUT2D eigenvalue weighted by atomic mass is 9.79. The summed E-state index contributed by atoms with van der Waals surface area (Å²) < 4.78 is 10.8. The fraction of sp³-hybridized carbons (Fsp3) is 0.550. The van der Waals surface area contributed by atoms with Crippen LogP contribution >= 0.6 is 0 Å². The van der Waals surface area contributed by atoms with Crippen molar-refractivity contribution >= 4 is 11.9 Å². The summed E-state index contributed by atoms with van der Waals surface area (Å²) in [5.74, 6) is 2.17. The van der Waals surface area contributed by atoms with E-state index in [0.717, 1.165) is 43.8 Å². The van der Waals surface area contributed by atoms with Crippen LogP contribution in [0.2, 0.25) is 0 Å². The summed E-state index contributed by atoms with van der Waals surface area (Å²) in [4.78, 5) is 17.1. The Balaban J connectivity index is 1.61. The number of carbonyl (C=O) groups excluding carboxylic acids is 1. The molecule has 0 atom stereocenters. The van der Waals surface area contributed by atoms with Gasteiger partial charge in [-0.15, -0.1) is 5.10 Å². The zero-order valence-corrected chi connectivity index (χ0v) is 16.2. The third-order valence-electron chi connectivity index (χ3n) is 4.90. The molecule has 2 heterocycles. The van der Waals surface area contributed by atoms with Crippen LogP contribution in [-0.4, -0.2) is 40.9 Å². The average Bonchev–Trinajstić information content (AvgIpc) is 3.11. The number of ether oxygens (including phenoxy) is 2. The van der Waals surface area contributed by atoms with E-state index in [1.54, 1.807) is 0 Å². The van der Waals surface area contributed by atoms with E-state index in [1.165, 1.54) is 0 Å². The maximum absolute atomic E-state index is 12.7. The van der Waals surface area contributed by atoms with Crippen LogP contribution in [0.15, 0.2) is 24.3 Å². The van der Waals surface area contributed by atoms with Gasteiger partial charge in [-0.3, -0.25) is 15.2 Å². The van der Waals surface area contributed by atoms with E-state index in [0.29, 0.717) is 24.3 Å². The van der Waals surface area contributed by atoms with Crippen molar-refractivity contribution in [1.82, 2.24) is 15.2 Å². The molecule has 2 aromatic rings. The molecular weight excluding hydrogens is 344 g/mol. The van der Waals surface area contributed by atoms with Gasteiger partial charge in [0, 0.05) is 24.2 Å². The topological polar surface area (TPSA) is 89.1 Å². The first-order chi connectivity index (χ1) is 13.0. The third kappa shape index (κ3) is 5.07. The number of carbonyl (C=O) groups is 1. The quantitative estimate of drug-likeness (QED) is 0.774. The second-order valence-corrected chi connectivity index (χ2v) is 7.56. The van der Waals surface area contributed by atoms with Gasteiger partial charge in [-0.25, -0.2) is 0 Å². The summed E-state index contributed by atoms with van der Waals surface area (Å²) in [6.07, 6.45) is 2.86. The van der Waals surface area contributed by atoms with Gasteiger partial charge in [0.2, 0.25) is 11.9 Å².